The molecule has 3 rings (SSSR count). The van der Waals surface area contributed by atoms with Crippen molar-refractivity contribution in [3.05, 3.63) is 69.7 Å². The largest absolute Gasteiger partial charge is 0.508 e. The molecule has 0 saturated heterocycles. The summed E-state index contributed by atoms with van der Waals surface area (Å²) in [6.07, 6.45) is 0. The minimum absolute atomic E-state index is 0.291. The van der Waals surface area contributed by atoms with Gasteiger partial charge < -0.3 is 10.4 Å². The molecule has 2 N–H and O–H groups in total. The highest BCUT2D eigenvalue weighted by atomic mass is 79.9. The first-order valence-corrected chi connectivity index (χ1v) is 7.71. The molecule has 0 spiro atoms. The van der Waals surface area contributed by atoms with Crippen molar-refractivity contribution >= 4 is 44.0 Å². The molecule has 3 aromatic rings. The number of phenols is 1. The van der Waals surface area contributed by atoms with Crippen molar-refractivity contribution < 1.29 is 5.11 Å². The average Bonchev–Trinajstić information content (AvgIpc) is 2.50. The maximum Gasteiger partial charge on any atom is 0.121 e. The van der Waals surface area contributed by atoms with E-state index in [0.717, 1.165) is 26.5 Å². The molecule has 0 fully saturated rings. The number of phenolic OH excluding ortho intramolecular Hbond substituents is 1. The summed E-state index contributed by atoms with van der Waals surface area (Å²) in [6, 6.07) is 17.3. The van der Waals surface area contributed by atoms with Gasteiger partial charge in [-0.1, -0.05) is 48.0 Å². The van der Waals surface area contributed by atoms with Gasteiger partial charge in [0.05, 0.1) is 15.2 Å². The zero-order chi connectivity index (χ0) is 14.8. The smallest absolute Gasteiger partial charge is 0.121 e. The Morgan fingerprint density at radius 1 is 1.00 bits per heavy atom. The third kappa shape index (κ3) is 2.85. The molecule has 0 bridgehead atoms. The summed E-state index contributed by atoms with van der Waals surface area (Å²) in [4.78, 5) is 0. The number of rotatable bonds is 3. The van der Waals surface area contributed by atoms with Crippen LogP contribution in [0.1, 0.15) is 5.56 Å². The topological polar surface area (TPSA) is 32.3 Å². The molecule has 0 aromatic heterocycles. The Hall–Kier alpha value is -1.71. The standard InChI is InChI=1S/C17H13BrClNO/c18-17-14(19)6-3-7-15(17)20-10-13-12-5-2-1-4-11(12)8-9-16(13)21/h1-9,20-21H,10H2. The lowest BCUT2D eigenvalue weighted by atomic mass is 10.0. The molecule has 3 aromatic carbocycles. The molecule has 0 aliphatic rings. The van der Waals surface area contributed by atoms with Gasteiger partial charge in [-0.25, -0.2) is 0 Å². The van der Waals surface area contributed by atoms with Crippen molar-refractivity contribution in [2.75, 3.05) is 5.32 Å². The van der Waals surface area contributed by atoms with Crippen molar-refractivity contribution in [2.45, 2.75) is 6.54 Å². The fourth-order valence-corrected chi connectivity index (χ4v) is 2.91. The maximum absolute atomic E-state index is 10.1. The van der Waals surface area contributed by atoms with Crippen LogP contribution in [0.2, 0.25) is 5.02 Å². The zero-order valence-corrected chi connectivity index (χ0v) is 13.4. The second kappa shape index (κ2) is 5.96. The number of hydrogen-bond acceptors (Lipinski definition) is 2. The third-order valence-corrected chi connectivity index (χ3v) is 4.82. The first kappa shape index (κ1) is 14.2. The molecule has 106 valence electrons. The van der Waals surface area contributed by atoms with E-state index >= 15 is 0 Å². The normalized spacial score (nSPS) is 10.8. The van der Waals surface area contributed by atoms with Gasteiger partial charge in [0.25, 0.3) is 0 Å². The molecule has 0 amide bonds. The van der Waals surface area contributed by atoms with Gasteiger partial charge in [0, 0.05) is 12.1 Å². The number of benzene rings is 3. The van der Waals surface area contributed by atoms with Crippen LogP contribution in [0.4, 0.5) is 5.69 Å². The molecule has 0 radical (unpaired) electrons. The van der Waals surface area contributed by atoms with Crippen LogP contribution in [-0.2, 0) is 6.54 Å². The van der Waals surface area contributed by atoms with E-state index in [1.165, 1.54) is 0 Å². The molecule has 0 heterocycles. The summed E-state index contributed by atoms with van der Waals surface area (Å²) in [5.74, 6) is 0.291. The molecular formula is C17H13BrClNO. The SMILES string of the molecule is Oc1ccc2ccccc2c1CNc1cccc(Cl)c1Br. The van der Waals surface area contributed by atoms with Gasteiger partial charge >= 0.3 is 0 Å². The van der Waals surface area contributed by atoms with Gasteiger partial charge in [-0.15, -0.1) is 0 Å². The monoisotopic (exact) mass is 361 g/mol. The summed E-state index contributed by atoms with van der Waals surface area (Å²) in [5.41, 5.74) is 1.77. The Kier molecular flexibility index (Phi) is 4.04. The van der Waals surface area contributed by atoms with Crippen molar-refractivity contribution in [3.8, 4) is 5.75 Å². The fourth-order valence-electron chi connectivity index (χ4n) is 2.33. The molecule has 0 unspecified atom stereocenters. The molecule has 21 heavy (non-hydrogen) atoms. The summed E-state index contributed by atoms with van der Waals surface area (Å²) in [6.45, 7) is 0.520. The van der Waals surface area contributed by atoms with Gasteiger partial charge in [0.15, 0.2) is 0 Å². The van der Waals surface area contributed by atoms with Crippen molar-refractivity contribution in [3.63, 3.8) is 0 Å². The van der Waals surface area contributed by atoms with E-state index in [-0.39, 0.29) is 0 Å². The van der Waals surface area contributed by atoms with E-state index < -0.39 is 0 Å². The van der Waals surface area contributed by atoms with Crippen molar-refractivity contribution in [1.82, 2.24) is 0 Å². The molecule has 0 atom stereocenters. The van der Waals surface area contributed by atoms with Gasteiger partial charge in [0.2, 0.25) is 0 Å². The highest BCUT2D eigenvalue weighted by Crippen LogP contribution is 2.32. The Bertz CT molecular complexity index is 804. The Morgan fingerprint density at radius 2 is 1.81 bits per heavy atom. The number of halogens is 2. The van der Waals surface area contributed by atoms with E-state index in [0.29, 0.717) is 17.3 Å². The van der Waals surface area contributed by atoms with Gasteiger partial charge in [-0.05, 0) is 44.9 Å². The van der Waals surface area contributed by atoms with E-state index in [2.05, 4.69) is 21.2 Å². The number of aromatic hydroxyl groups is 1. The highest BCUT2D eigenvalue weighted by Gasteiger charge is 2.08. The summed E-state index contributed by atoms with van der Waals surface area (Å²) in [5, 5.41) is 16.3. The lowest BCUT2D eigenvalue weighted by Crippen LogP contribution is -2.01. The van der Waals surface area contributed by atoms with Crippen molar-refractivity contribution in [2.24, 2.45) is 0 Å². The van der Waals surface area contributed by atoms with E-state index in [1.807, 2.05) is 48.5 Å². The lowest BCUT2D eigenvalue weighted by molar-refractivity contribution is 0.470. The van der Waals surface area contributed by atoms with Crippen LogP contribution < -0.4 is 5.32 Å². The predicted molar refractivity (Wildman–Crippen MR) is 92.1 cm³/mol. The molecule has 4 heteroatoms. The summed E-state index contributed by atoms with van der Waals surface area (Å²) < 4.78 is 0.825. The second-order valence-corrected chi connectivity index (χ2v) is 5.94. The number of hydrogen-bond donors (Lipinski definition) is 2. The number of nitrogens with one attached hydrogen (secondary N) is 1. The second-order valence-electron chi connectivity index (χ2n) is 4.74. The molecule has 0 aliphatic carbocycles. The molecule has 0 saturated carbocycles. The first-order chi connectivity index (χ1) is 10.2. The van der Waals surface area contributed by atoms with Crippen LogP contribution in [0.3, 0.4) is 0 Å². The van der Waals surface area contributed by atoms with Crippen LogP contribution in [-0.4, -0.2) is 5.11 Å². The van der Waals surface area contributed by atoms with E-state index in [9.17, 15) is 5.11 Å². The minimum Gasteiger partial charge on any atom is -0.508 e. The molecule has 0 aliphatic heterocycles. The van der Waals surface area contributed by atoms with Crippen LogP contribution >= 0.6 is 27.5 Å². The van der Waals surface area contributed by atoms with Crippen LogP contribution in [0, 0.1) is 0 Å². The quantitative estimate of drug-likeness (QED) is 0.638. The Labute approximate surface area is 136 Å². The highest BCUT2D eigenvalue weighted by molar-refractivity contribution is 9.10. The minimum atomic E-state index is 0.291. The Balaban J connectivity index is 1.95. The summed E-state index contributed by atoms with van der Waals surface area (Å²) >= 11 is 9.55. The first-order valence-electron chi connectivity index (χ1n) is 6.54. The third-order valence-electron chi connectivity index (χ3n) is 3.42. The average molecular weight is 363 g/mol. The maximum atomic E-state index is 10.1. The van der Waals surface area contributed by atoms with Gasteiger partial charge in [0.1, 0.15) is 5.75 Å². The number of fused-ring (bicyclic) bond motifs is 1. The Morgan fingerprint density at radius 3 is 2.67 bits per heavy atom. The van der Waals surface area contributed by atoms with E-state index in [1.54, 1.807) is 6.07 Å². The zero-order valence-electron chi connectivity index (χ0n) is 11.1. The lowest BCUT2D eigenvalue weighted by Gasteiger charge is -2.13. The summed E-state index contributed by atoms with van der Waals surface area (Å²) in [7, 11) is 0. The van der Waals surface area contributed by atoms with Crippen LogP contribution in [0.15, 0.2) is 59.1 Å². The fraction of sp³-hybridized carbons (Fsp3) is 0.0588. The van der Waals surface area contributed by atoms with Gasteiger partial charge in [-0.2, -0.15) is 0 Å². The van der Waals surface area contributed by atoms with Crippen molar-refractivity contribution in [1.29, 1.82) is 0 Å². The predicted octanol–water partition coefficient (Wildman–Crippen LogP) is 5.57. The number of anilines is 1. The van der Waals surface area contributed by atoms with Crippen LogP contribution in [0.5, 0.6) is 5.75 Å². The van der Waals surface area contributed by atoms with Gasteiger partial charge in [-0.3, -0.25) is 0 Å². The van der Waals surface area contributed by atoms with E-state index in [4.69, 9.17) is 11.6 Å². The molecule has 2 nitrogen and oxygen atoms in total. The molecular weight excluding hydrogens is 350 g/mol. The van der Waals surface area contributed by atoms with Crippen LogP contribution in [0.25, 0.3) is 10.8 Å².